The van der Waals surface area contributed by atoms with Crippen LogP contribution in [0.15, 0.2) is 82.3 Å². The Morgan fingerprint density at radius 2 is 1.87 bits per heavy atom. The van der Waals surface area contributed by atoms with Crippen molar-refractivity contribution in [1.29, 1.82) is 0 Å². The Bertz CT molecular complexity index is 1150. The van der Waals surface area contributed by atoms with E-state index in [2.05, 4.69) is 26.2 Å². The molecule has 2 amide bonds. The van der Waals surface area contributed by atoms with Gasteiger partial charge in [0.05, 0.1) is 11.4 Å². The molecule has 0 bridgehead atoms. The molecule has 150 valence electrons. The molecule has 0 radical (unpaired) electrons. The molecule has 0 atom stereocenters. The van der Waals surface area contributed by atoms with Gasteiger partial charge in [-0.3, -0.25) is 14.6 Å². The quantitative estimate of drug-likeness (QED) is 0.620. The standard InChI is InChI=1S/C23H17BrFN3O2/c24-16-9-10-20-19(11-16)23(15-5-2-1-3-6-15)26-13-22(30)28(20)14-21(29)27-18-8-4-7-17(25)12-18/h1-12H,13-14H2,(H,27,29). The number of anilines is 2. The van der Waals surface area contributed by atoms with Crippen LogP contribution in [0.25, 0.3) is 0 Å². The van der Waals surface area contributed by atoms with Crippen molar-refractivity contribution in [1.82, 2.24) is 0 Å². The highest BCUT2D eigenvalue weighted by Gasteiger charge is 2.27. The normalized spacial score (nSPS) is 13.3. The zero-order valence-corrected chi connectivity index (χ0v) is 17.4. The maximum absolute atomic E-state index is 13.4. The number of halogens is 2. The Morgan fingerprint density at radius 1 is 1.07 bits per heavy atom. The van der Waals surface area contributed by atoms with E-state index in [1.807, 2.05) is 42.5 Å². The molecule has 0 saturated heterocycles. The van der Waals surface area contributed by atoms with Crippen LogP contribution in [-0.2, 0) is 9.59 Å². The van der Waals surface area contributed by atoms with Gasteiger partial charge in [0.25, 0.3) is 0 Å². The summed E-state index contributed by atoms with van der Waals surface area (Å²) in [5.41, 5.74) is 3.25. The second-order valence-corrected chi connectivity index (χ2v) is 7.65. The van der Waals surface area contributed by atoms with E-state index in [0.29, 0.717) is 17.1 Å². The number of carbonyl (C=O) groups excluding carboxylic acids is 2. The number of fused-ring (bicyclic) bond motifs is 1. The molecule has 1 heterocycles. The van der Waals surface area contributed by atoms with Crippen molar-refractivity contribution in [3.05, 3.63) is 94.2 Å². The van der Waals surface area contributed by atoms with Gasteiger partial charge in [-0.25, -0.2) is 4.39 Å². The number of benzene rings is 3. The molecule has 0 aromatic heterocycles. The van der Waals surface area contributed by atoms with Crippen molar-refractivity contribution in [2.75, 3.05) is 23.3 Å². The van der Waals surface area contributed by atoms with Gasteiger partial charge in [-0.15, -0.1) is 0 Å². The average Bonchev–Trinajstić information content (AvgIpc) is 2.85. The van der Waals surface area contributed by atoms with Crippen LogP contribution in [0.3, 0.4) is 0 Å². The fraction of sp³-hybridized carbons (Fsp3) is 0.0870. The predicted molar refractivity (Wildman–Crippen MR) is 118 cm³/mol. The second-order valence-electron chi connectivity index (χ2n) is 6.73. The Hall–Kier alpha value is -3.32. The largest absolute Gasteiger partial charge is 0.324 e. The van der Waals surface area contributed by atoms with Gasteiger partial charge in [0, 0.05) is 21.3 Å². The first-order chi connectivity index (χ1) is 14.5. The Kier molecular flexibility index (Phi) is 5.72. The molecule has 30 heavy (non-hydrogen) atoms. The van der Waals surface area contributed by atoms with E-state index < -0.39 is 11.7 Å². The number of nitrogens with one attached hydrogen (secondary N) is 1. The maximum Gasteiger partial charge on any atom is 0.249 e. The average molecular weight is 466 g/mol. The number of aliphatic imine (C=N–C) groups is 1. The van der Waals surface area contributed by atoms with Crippen LogP contribution in [0.1, 0.15) is 11.1 Å². The van der Waals surface area contributed by atoms with E-state index >= 15 is 0 Å². The molecule has 0 aliphatic carbocycles. The summed E-state index contributed by atoms with van der Waals surface area (Å²) in [5.74, 6) is -1.17. The fourth-order valence-corrected chi connectivity index (χ4v) is 3.67. The number of hydrogen-bond acceptors (Lipinski definition) is 3. The highest BCUT2D eigenvalue weighted by atomic mass is 79.9. The lowest BCUT2D eigenvalue weighted by atomic mass is 10.0. The minimum absolute atomic E-state index is 0.0796. The Morgan fingerprint density at radius 3 is 2.63 bits per heavy atom. The highest BCUT2D eigenvalue weighted by molar-refractivity contribution is 9.10. The lowest BCUT2D eigenvalue weighted by Gasteiger charge is -2.23. The molecule has 3 aromatic carbocycles. The second kappa shape index (κ2) is 8.59. The monoisotopic (exact) mass is 465 g/mol. The number of amides is 2. The van der Waals surface area contributed by atoms with Gasteiger partial charge >= 0.3 is 0 Å². The summed E-state index contributed by atoms with van der Waals surface area (Å²) in [4.78, 5) is 31.4. The Balaban J connectivity index is 1.67. The Labute approximate surface area is 181 Å². The van der Waals surface area contributed by atoms with E-state index in [4.69, 9.17) is 0 Å². The van der Waals surface area contributed by atoms with Crippen molar-refractivity contribution >= 4 is 44.8 Å². The minimum Gasteiger partial charge on any atom is -0.324 e. The molecule has 5 nitrogen and oxygen atoms in total. The van der Waals surface area contributed by atoms with Gasteiger partial charge in [-0.05, 0) is 36.4 Å². The molecule has 0 saturated carbocycles. The summed E-state index contributed by atoms with van der Waals surface area (Å²) in [5, 5.41) is 2.64. The van der Waals surface area contributed by atoms with Gasteiger partial charge in [-0.2, -0.15) is 0 Å². The topological polar surface area (TPSA) is 61.8 Å². The predicted octanol–water partition coefficient (Wildman–Crippen LogP) is 4.41. The van der Waals surface area contributed by atoms with Crippen LogP contribution in [0.4, 0.5) is 15.8 Å². The molecule has 0 fully saturated rings. The number of nitrogens with zero attached hydrogens (tertiary/aromatic N) is 2. The first-order valence-corrected chi connectivity index (χ1v) is 10.1. The van der Waals surface area contributed by atoms with Crippen LogP contribution < -0.4 is 10.2 Å². The van der Waals surface area contributed by atoms with Gasteiger partial charge in [0.2, 0.25) is 11.8 Å². The molecule has 1 aliphatic rings. The fourth-order valence-electron chi connectivity index (χ4n) is 3.31. The third kappa shape index (κ3) is 4.31. The molecular weight excluding hydrogens is 449 g/mol. The van der Waals surface area contributed by atoms with Crippen LogP contribution in [-0.4, -0.2) is 30.6 Å². The molecule has 7 heteroatoms. The summed E-state index contributed by atoms with van der Waals surface area (Å²) < 4.78 is 14.2. The van der Waals surface area contributed by atoms with Crippen molar-refractivity contribution in [3.63, 3.8) is 0 Å². The first kappa shape index (κ1) is 20.0. The summed E-state index contributed by atoms with van der Waals surface area (Å²) in [7, 11) is 0. The number of carbonyl (C=O) groups is 2. The zero-order valence-electron chi connectivity index (χ0n) is 15.8. The molecular formula is C23H17BrFN3O2. The lowest BCUT2D eigenvalue weighted by Crippen LogP contribution is -2.39. The van der Waals surface area contributed by atoms with E-state index in [1.54, 1.807) is 12.1 Å². The van der Waals surface area contributed by atoms with E-state index in [-0.39, 0.29) is 19.0 Å². The number of benzodiazepines with no additional fused rings is 1. The summed E-state index contributed by atoms with van der Waals surface area (Å²) >= 11 is 3.48. The summed E-state index contributed by atoms with van der Waals surface area (Å²) in [6.45, 7) is -0.286. The van der Waals surface area contributed by atoms with Gasteiger partial charge in [-0.1, -0.05) is 52.3 Å². The lowest BCUT2D eigenvalue weighted by molar-refractivity contribution is -0.120. The van der Waals surface area contributed by atoms with Crippen LogP contribution in [0.5, 0.6) is 0 Å². The van der Waals surface area contributed by atoms with Crippen molar-refractivity contribution in [3.8, 4) is 0 Å². The van der Waals surface area contributed by atoms with Crippen LogP contribution in [0, 0.1) is 5.82 Å². The van der Waals surface area contributed by atoms with Gasteiger partial charge in [0.1, 0.15) is 18.9 Å². The van der Waals surface area contributed by atoms with Crippen molar-refractivity contribution < 1.29 is 14.0 Å². The third-order valence-electron chi connectivity index (χ3n) is 4.64. The highest BCUT2D eigenvalue weighted by Crippen LogP contribution is 2.29. The van der Waals surface area contributed by atoms with E-state index in [0.717, 1.165) is 15.6 Å². The maximum atomic E-state index is 13.4. The van der Waals surface area contributed by atoms with Crippen LogP contribution >= 0.6 is 15.9 Å². The number of rotatable bonds is 4. The van der Waals surface area contributed by atoms with Crippen molar-refractivity contribution in [2.24, 2.45) is 4.99 Å². The van der Waals surface area contributed by atoms with Gasteiger partial charge in [0.15, 0.2) is 0 Å². The molecule has 3 aromatic rings. The summed E-state index contributed by atoms with van der Waals surface area (Å²) in [6.07, 6.45) is 0. The summed E-state index contributed by atoms with van der Waals surface area (Å²) in [6, 6.07) is 20.7. The zero-order chi connectivity index (χ0) is 21.1. The van der Waals surface area contributed by atoms with Crippen molar-refractivity contribution in [2.45, 2.75) is 0 Å². The molecule has 0 spiro atoms. The first-order valence-electron chi connectivity index (χ1n) is 9.27. The minimum atomic E-state index is -0.449. The van der Waals surface area contributed by atoms with Crippen LogP contribution in [0.2, 0.25) is 0 Å². The van der Waals surface area contributed by atoms with E-state index in [1.165, 1.54) is 23.1 Å². The van der Waals surface area contributed by atoms with E-state index in [9.17, 15) is 14.0 Å². The third-order valence-corrected chi connectivity index (χ3v) is 5.13. The molecule has 0 unspecified atom stereocenters. The number of hydrogen-bond donors (Lipinski definition) is 1. The molecule has 4 rings (SSSR count). The molecule has 1 N–H and O–H groups in total. The van der Waals surface area contributed by atoms with Gasteiger partial charge < -0.3 is 10.2 Å². The SMILES string of the molecule is O=C(CN1C(=O)CN=C(c2ccccc2)c2cc(Br)ccc21)Nc1cccc(F)c1. The smallest absolute Gasteiger partial charge is 0.249 e. The molecule has 1 aliphatic heterocycles.